The van der Waals surface area contributed by atoms with Gasteiger partial charge in [0, 0.05) is 0 Å². The summed E-state index contributed by atoms with van der Waals surface area (Å²) in [6.45, 7) is 2.03. The van der Waals surface area contributed by atoms with E-state index in [0.29, 0.717) is 0 Å². The summed E-state index contributed by atoms with van der Waals surface area (Å²) < 4.78 is 0. The van der Waals surface area contributed by atoms with Crippen molar-refractivity contribution in [1.29, 1.82) is 0 Å². The van der Waals surface area contributed by atoms with Gasteiger partial charge in [0.1, 0.15) is 0 Å². The lowest BCUT2D eigenvalue weighted by Gasteiger charge is -2.16. The number of carbonyl (C=O) groups excluding carboxylic acids is 1. The second-order valence-corrected chi connectivity index (χ2v) is 5.90. The number of nitrogens with zero attached hydrogens (tertiary/aromatic N) is 1. The summed E-state index contributed by atoms with van der Waals surface area (Å²) in [6, 6.07) is 27.4. The van der Waals surface area contributed by atoms with Gasteiger partial charge in [0.2, 0.25) is 0 Å². The zero-order valence-corrected chi connectivity index (χ0v) is 14.1. The van der Waals surface area contributed by atoms with E-state index >= 15 is 0 Å². The predicted octanol–water partition coefficient (Wildman–Crippen LogP) is 4.28. The normalized spacial score (nSPS) is 11.0. The third-order valence-electron chi connectivity index (χ3n) is 3.99. The summed E-state index contributed by atoms with van der Waals surface area (Å²) in [5, 5.41) is 4.12. The molecule has 0 saturated heterocycles. The lowest BCUT2D eigenvalue weighted by molar-refractivity contribution is -0.121. The molecule has 3 aromatic carbocycles. The van der Waals surface area contributed by atoms with Gasteiger partial charge in [0.25, 0.3) is 5.91 Å². The van der Waals surface area contributed by atoms with E-state index in [1.807, 2.05) is 91.9 Å². The molecule has 0 radical (unpaired) electrons. The molecule has 0 saturated carbocycles. The molecule has 0 bridgehead atoms. The molecule has 3 nitrogen and oxygen atoms in total. The van der Waals surface area contributed by atoms with Gasteiger partial charge < -0.3 is 0 Å². The third kappa shape index (κ3) is 4.42. The first-order valence-electron chi connectivity index (χ1n) is 8.23. The van der Waals surface area contributed by atoms with E-state index in [1.165, 1.54) is 5.56 Å². The Morgan fingerprint density at radius 3 is 1.88 bits per heavy atom. The van der Waals surface area contributed by atoms with Crippen LogP contribution < -0.4 is 5.43 Å². The zero-order valence-electron chi connectivity index (χ0n) is 14.1. The fourth-order valence-corrected chi connectivity index (χ4v) is 2.67. The summed E-state index contributed by atoms with van der Waals surface area (Å²) in [5.41, 5.74) is 6.69. The maximum atomic E-state index is 12.8. The van der Waals surface area contributed by atoms with Crippen LogP contribution in [0, 0.1) is 6.92 Å². The quantitative estimate of drug-likeness (QED) is 0.551. The summed E-state index contributed by atoms with van der Waals surface area (Å²) in [7, 11) is 0. The highest BCUT2D eigenvalue weighted by atomic mass is 16.2. The second-order valence-electron chi connectivity index (χ2n) is 5.90. The van der Waals surface area contributed by atoms with Gasteiger partial charge in [-0.1, -0.05) is 90.5 Å². The Bertz CT molecular complexity index is 801. The van der Waals surface area contributed by atoms with Crippen LogP contribution in [-0.2, 0) is 4.79 Å². The number of hydrogen-bond donors (Lipinski definition) is 1. The minimum Gasteiger partial charge on any atom is -0.272 e. The first-order chi connectivity index (χ1) is 12.2. The number of aryl methyl sites for hydroxylation is 1. The number of nitrogens with one attached hydrogen (secondary N) is 1. The molecule has 1 N–H and O–H groups in total. The van der Waals surface area contributed by atoms with Crippen molar-refractivity contribution in [3.05, 3.63) is 107 Å². The summed E-state index contributed by atoms with van der Waals surface area (Å²) in [6.07, 6.45) is 1.66. The minimum absolute atomic E-state index is 0.152. The van der Waals surface area contributed by atoms with E-state index in [-0.39, 0.29) is 5.91 Å². The molecule has 0 heterocycles. The predicted molar refractivity (Wildman–Crippen MR) is 102 cm³/mol. The molecular formula is C22H20N2O. The van der Waals surface area contributed by atoms with Crippen molar-refractivity contribution < 1.29 is 4.79 Å². The number of rotatable bonds is 5. The maximum absolute atomic E-state index is 12.8. The largest absolute Gasteiger partial charge is 0.272 e. The Morgan fingerprint density at radius 2 is 1.36 bits per heavy atom. The molecule has 0 fully saturated rings. The Kier molecular flexibility index (Phi) is 5.37. The molecule has 0 unspecified atom stereocenters. The van der Waals surface area contributed by atoms with Crippen molar-refractivity contribution >= 4 is 12.1 Å². The molecule has 0 spiro atoms. The van der Waals surface area contributed by atoms with E-state index in [4.69, 9.17) is 0 Å². The molecule has 0 atom stereocenters. The molecule has 3 heteroatoms. The second kappa shape index (κ2) is 8.06. The maximum Gasteiger partial charge on any atom is 0.252 e. The van der Waals surface area contributed by atoms with Crippen molar-refractivity contribution in [3.8, 4) is 0 Å². The van der Waals surface area contributed by atoms with Crippen LogP contribution in [0.2, 0.25) is 0 Å². The molecule has 0 aliphatic heterocycles. The molecule has 1 amide bonds. The van der Waals surface area contributed by atoms with Gasteiger partial charge in [-0.15, -0.1) is 0 Å². The van der Waals surface area contributed by atoms with Gasteiger partial charge in [0.05, 0.1) is 12.1 Å². The summed E-state index contributed by atoms with van der Waals surface area (Å²) in [5.74, 6) is -0.543. The van der Waals surface area contributed by atoms with Crippen LogP contribution in [-0.4, -0.2) is 12.1 Å². The Labute approximate surface area is 148 Å². The number of hydrazone groups is 1. The van der Waals surface area contributed by atoms with Crippen LogP contribution in [0.25, 0.3) is 0 Å². The smallest absolute Gasteiger partial charge is 0.252 e. The molecule has 124 valence electrons. The van der Waals surface area contributed by atoms with Gasteiger partial charge >= 0.3 is 0 Å². The molecule has 0 aromatic heterocycles. The summed E-state index contributed by atoms with van der Waals surface area (Å²) in [4.78, 5) is 12.8. The lowest BCUT2D eigenvalue weighted by Crippen LogP contribution is -2.26. The monoisotopic (exact) mass is 328 g/mol. The molecule has 3 rings (SSSR count). The Hall–Kier alpha value is -3.20. The Balaban J connectivity index is 1.79. The minimum atomic E-state index is -0.391. The number of hydrogen-bond acceptors (Lipinski definition) is 2. The Morgan fingerprint density at radius 1 is 0.840 bits per heavy atom. The van der Waals surface area contributed by atoms with Crippen LogP contribution in [0.4, 0.5) is 0 Å². The average Bonchev–Trinajstić information content (AvgIpc) is 2.65. The fraction of sp³-hybridized carbons (Fsp3) is 0.0909. The first-order valence-corrected chi connectivity index (χ1v) is 8.23. The number of amides is 1. The SMILES string of the molecule is Cc1ccc(/C=N\NC(=O)C(c2ccccc2)c2ccccc2)cc1. The van der Waals surface area contributed by atoms with Crippen LogP contribution in [0.1, 0.15) is 28.2 Å². The van der Waals surface area contributed by atoms with E-state index < -0.39 is 5.92 Å². The average molecular weight is 328 g/mol. The highest BCUT2D eigenvalue weighted by Crippen LogP contribution is 2.24. The first kappa shape index (κ1) is 16.7. The highest BCUT2D eigenvalue weighted by molar-refractivity contribution is 5.88. The molecule has 3 aromatic rings. The highest BCUT2D eigenvalue weighted by Gasteiger charge is 2.22. The van der Waals surface area contributed by atoms with Crippen molar-refractivity contribution in [2.45, 2.75) is 12.8 Å². The zero-order chi connectivity index (χ0) is 17.5. The lowest BCUT2D eigenvalue weighted by atomic mass is 9.91. The molecular weight excluding hydrogens is 308 g/mol. The van der Waals surface area contributed by atoms with Crippen LogP contribution in [0.3, 0.4) is 0 Å². The third-order valence-corrected chi connectivity index (χ3v) is 3.99. The molecule has 25 heavy (non-hydrogen) atoms. The van der Waals surface area contributed by atoms with Crippen LogP contribution in [0.15, 0.2) is 90.0 Å². The molecule has 0 aliphatic carbocycles. The molecule has 0 aliphatic rings. The van der Waals surface area contributed by atoms with Crippen LogP contribution >= 0.6 is 0 Å². The number of carbonyl (C=O) groups is 1. The van der Waals surface area contributed by atoms with Crippen molar-refractivity contribution in [3.63, 3.8) is 0 Å². The van der Waals surface area contributed by atoms with E-state index in [2.05, 4.69) is 10.5 Å². The van der Waals surface area contributed by atoms with E-state index in [9.17, 15) is 4.79 Å². The fourth-order valence-electron chi connectivity index (χ4n) is 2.67. The van der Waals surface area contributed by atoms with Crippen LogP contribution in [0.5, 0.6) is 0 Å². The van der Waals surface area contributed by atoms with Crippen molar-refractivity contribution in [1.82, 2.24) is 5.43 Å². The van der Waals surface area contributed by atoms with Gasteiger partial charge in [-0.3, -0.25) is 4.79 Å². The van der Waals surface area contributed by atoms with Gasteiger partial charge in [0.15, 0.2) is 0 Å². The van der Waals surface area contributed by atoms with E-state index in [0.717, 1.165) is 16.7 Å². The number of benzene rings is 3. The van der Waals surface area contributed by atoms with Gasteiger partial charge in [-0.25, -0.2) is 5.43 Å². The van der Waals surface area contributed by atoms with Gasteiger partial charge in [-0.2, -0.15) is 5.10 Å². The topological polar surface area (TPSA) is 41.5 Å². The standard InChI is InChI=1S/C22H20N2O/c1-17-12-14-18(15-13-17)16-23-24-22(25)21(19-8-4-2-5-9-19)20-10-6-3-7-11-20/h2-16,21H,1H3,(H,24,25)/b23-16-. The summed E-state index contributed by atoms with van der Waals surface area (Å²) >= 11 is 0. The van der Waals surface area contributed by atoms with Crippen molar-refractivity contribution in [2.75, 3.05) is 0 Å². The van der Waals surface area contributed by atoms with Crippen molar-refractivity contribution in [2.24, 2.45) is 5.10 Å². The van der Waals surface area contributed by atoms with Gasteiger partial charge in [-0.05, 0) is 23.6 Å². The van der Waals surface area contributed by atoms with E-state index in [1.54, 1.807) is 6.21 Å².